The molecule has 174 valence electrons. The Hall–Kier alpha value is -2.97. The van der Waals surface area contributed by atoms with Crippen LogP contribution in [-0.4, -0.2) is 43.9 Å². The zero-order chi connectivity index (χ0) is 23.8. The first-order valence-electron chi connectivity index (χ1n) is 11.0. The number of aryl methyl sites for hydroxylation is 1. The van der Waals surface area contributed by atoms with Gasteiger partial charge in [0.05, 0.1) is 41.3 Å². The Morgan fingerprint density at radius 1 is 0.909 bits per heavy atom. The molecule has 0 saturated carbocycles. The van der Waals surface area contributed by atoms with Gasteiger partial charge in [0.25, 0.3) is 0 Å². The van der Waals surface area contributed by atoms with Gasteiger partial charge in [-0.05, 0) is 44.9 Å². The third kappa shape index (κ3) is 3.98. The van der Waals surface area contributed by atoms with Gasteiger partial charge >= 0.3 is 11.9 Å². The molecule has 0 spiro atoms. The summed E-state index contributed by atoms with van der Waals surface area (Å²) in [6, 6.07) is 14.6. The van der Waals surface area contributed by atoms with Crippen molar-refractivity contribution in [3.8, 4) is 0 Å². The summed E-state index contributed by atoms with van der Waals surface area (Å²) in [5, 5.41) is 0. The van der Waals surface area contributed by atoms with Crippen LogP contribution >= 0.6 is 0 Å². The van der Waals surface area contributed by atoms with Crippen LogP contribution in [0, 0.1) is 12.8 Å². The van der Waals surface area contributed by atoms with E-state index in [4.69, 9.17) is 9.47 Å². The summed E-state index contributed by atoms with van der Waals surface area (Å²) < 4.78 is 39.6. The fraction of sp³-hybridized carbons (Fsp3) is 0.360. The number of carbonyl (C=O) groups excluding carboxylic acids is 2. The van der Waals surface area contributed by atoms with E-state index in [9.17, 15) is 18.0 Å². The monoisotopic (exact) mass is 469 g/mol. The van der Waals surface area contributed by atoms with Gasteiger partial charge in [-0.15, -0.1) is 0 Å². The topological polar surface area (TPSA) is 90.0 Å². The Bertz CT molecular complexity index is 1190. The van der Waals surface area contributed by atoms with Crippen LogP contribution in [0.1, 0.15) is 37.4 Å². The number of sulfonamides is 1. The Morgan fingerprint density at radius 3 is 2.06 bits per heavy atom. The van der Waals surface area contributed by atoms with Crippen molar-refractivity contribution in [2.45, 2.75) is 44.2 Å². The van der Waals surface area contributed by atoms with Gasteiger partial charge in [-0.25, -0.2) is 18.0 Å². The van der Waals surface area contributed by atoms with Crippen molar-refractivity contribution in [2.24, 2.45) is 5.92 Å². The highest BCUT2D eigenvalue weighted by atomic mass is 32.2. The quantitative estimate of drug-likeness (QED) is 0.576. The lowest BCUT2D eigenvalue weighted by atomic mass is 9.72. The minimum atomic E-state index is -3.99. The van der Waals surface area contributed by atoms with Crippen LogP contribution in [0.25, 0.3) is 0 Å². The Morgan fingerprint density at radius 2 is 1.48 bits per heavy atom. The number of fused-ring (bicyclic) bond motifs is 1. The highest BCUT2D eigenvalue weighted by Crippen LogP contribution is 2.55. The summed E-state index contributed by atoms with van der Waals surface area (Å²) in [5.74, 6) is -1.73. The number of hydrogen-bond acceptors (Lipinski definition) is 6. The molecule has 1 heterocycles. The predicted octanol–water partition coefficient (Wildman–Crippen LogP) is 3.55. The molecule has 2 aliphatic rings. The molecule has 4 rings (SSSR count). The van der Waals surface area contributed by atoms with Crippen LogP contribution in [0.15, 0.2) is 70.6 Å². The summed E-state index contributed by atoms with van der Waals surface area (Å²) in [7, 11) is -3.99. The number of hydrogen-bond donors (Lipinski definition) is 0. The molecule has 2 aromatic rings. The molecule has 33 heavy (non-hydrogen) atoms. The molecule has 3 atom stereocenters. The molecule has 8 heteroatoms. The third-order valence-electron chi connectivity index (χ3n) is 6.17. The first-order chi connectivity index (χ1) is 15.8. The van der Waals surface area contributed by atoms with Crippen LogP contribution in [0.3, 0.4) is 0 Å². The van der Waals surface area contributed by atoms with Crippen LogP contribution in [0.4, 0.5) is 0 Å². The zero-order valence-corrected chi connectivity index (χ0v) is 19.7. The lowest BCUT2D eigenvalue weighted by Gasteiger charge is -2.39. The second kappa shape index (κ2) is 9.11. The summed E-state index contributed by atoms with van der Waals surface area (Å²) in [4.78, 5) is 25.8. The fourth-order valence-electron chi connectivity index (χ4n) is 4.73. The number of benzene rings is 2. The lowest BCUT2D eigenvalue weighted by molar-refractivity contribution is -0.144. The van der Waals surface area contributed by atoms with Gasteiger partial charge in [0.1, 0.15) is 0 Å². The molecule has 7 nitrogen and oxygen atoms in total. The third-order valence-corrected chi connectivity index (χ3v) is 8.07. The number of carbonyl (C=O) groups is 2. The number of esters is 2. The van der Waals surface area contributed by atoms with Crippen molar-refractivity contribution in [1.82, 2.24) is 4.31 Å². The summed E-state index contributed by atoms with van der Waals surface area (Å²) in [6.45, 7) is 5.51. The van der Waals surface area contributed by atoms with Gasteiger partial charge in [0.2, 0.25) is 10.0 Å². The zero-order valence-electron chi connectivity index (χ0n) is 18.9. The second-order valence-corrected chi connectivity index (χ2v) is 9.97. The van der Waals surface area contributed by atoms with Gasteiger partial charge in [-0.1, -0.05) is 48.0 Å². The molecule has 1 aliphatic carbocycles. The molecule has 0 bridgehead atoms. The van der Waals surface area contributed by atoms with Crippen LogP contribution in [0.2, 0.25) is 0 Å². The van der Waals surface area contributed by atoms with Gasteiger partial charge < -0.3 is 9.47 Å². The molecular weight excluding hydrogens is 442 g/mol. The van der Waals surface area contributed by atoms with Gasteiger partial charge in [-0.3, -0.25) is 0 Å². The van der Waals surface area contributed by atoms with Crippen molar-refractivity contribution >= 4 is 22.0 Å². The minimum Gasteiger partial charge on any atom is -0.463 e. The molecule has 1 aliphatic heterocycles. The van der Waals surface area contributed by atoms with E-state index >= 15 is 0 Å². The van der Waals surface area contributed by atoms with Crippen molar-refractivity contribution in [2.75, 3.05) is 13.2 Å². The smallest absolute Gasteiger partial charge is 0.336 e. The van der Waals surface area contributed by atoms with E-state index in [1.54, 1.807) is 38.1 Å². The Labute approximate surface area is 194 Å². The maximum atomic E-state index is 13.9. The predicted molar refractivity (Wildman–Crippen MR) is 122 cm³/mol. The van der Waals surface area contributed by atoms with E-state index in [0.717, 1.165) is 11.1 Å². The molecule has 1 fully saturated rings. The van der Waals surface area contributed by atoms with E-state index in [0.29, 0.717) is 6.42 Å². The molecule has 0 N–H and O–H groups in total. The SMILES string of the molecule is CCOC(=O)C1=C(C(=O)OCC)[C@@H]2CC(c3ccccc3)N(S(=O)(=O)c3ccc(C)cc3)[C@H]12. The van der Waals surface area contributed by atoms with E-state index in [-0.39, 0.29) is 29.3 Å². The van der Waals surface area contributed by atoms with E-state index < -0.39 is 40.0 Å². The summed E-state index contributed by atoms with van der Waals surface area (Å²) >= 11 is 0. The first kappa shape index (κ1) is 23.2. The van der Waals surface area contributed by atoms with Gasteiger partial charge in [-0.2, -0.15) is 4.31 Å². The molecule has 0 aromatic heterocycles. The minimum absolute atomic E-state index is 0.0782. The maximum Gasteiger partial charge on any atom is 0.336 e. The molecule has 0 amide bonds. The van der Waals surface area contributed by atoms with Gasteiger partial charge in [0.15, 0.2) is 0 Å². The van der Waals surface area contributed by atoms with E-state index in [2.05, 4.69) is 0 Å². The highest BCUT2D eigenvalue weighted by molar-refractivity contribution is 7.89. The first-order valence-corrected chi connectivity index (χ1v) is 12.5. The fourth-order valence-corrected chi connectivity index (χ4v) is 6.55. The van der Waals surface area contributed by atoms with E-state index in [1.807, 2.05) is 37.3 Å². The average molecular weight is 470 g/mol. The summed E-state index contributed by atoms with van der Waals surface area (Å²) in [6.07, 6.45) is 0.372. The summed E-state index contributed by atoms with van der Waals surface area (Å²) in [5.41, 5.74) is 2.04. The Kier molecular flexibility index (Phi) is 6.41. The van der Waals surface area contributed by atoms with Crippen LogP contribution in [0.5, 0.6) is 0 Å². The van der Waals surface area contributed by atoms with E-state index in [1.165, 1.54) is 4.31 Å². The standard InChI is InChI=1S/C25H27NO6S/c1-4-31-24(27)21-19-15-20(17-9-7-6-8-10-17)26(23(19)22(21)25(28)32-5-2)33(29,30)18-13-11-16(3)12-14-18/h6-14,19-20,23H,4-5,15H2,1-3H3/t19-,20?,23-/m0/s1. The van der Waals surface area contributed by atoms with Crippen molar-refractivity contribution in [3.63, 3.8) is 0 Å². The van der Waals surface area contributed by atoms with Crippen LogP contribution in [-0.2, 0) is 29.1 Å². The molecule has 1 saturated heterocycles. The van der Waals surface area contributed by atoms with Crippen LogP contribution < -0.4 is 0 Å². The van der Waals surface area contributed by atoms with Crippen molar-refractivity contribution < 1.29 is 27.5 Å². The molecule has 1 unspecified atom stereocenters. The molecule has 2 aromatic carbocycles. The molecule has 0 radical (unpaired) electrons. The van der Waals surface area contributed by atoms with Crippen molar-refractivity contribution in [1.29, 1.82) is 0 Å². The largest absolute Gasteiger partial charge is 0.463 e. The van der Waals surface area contributed by atoms with Crippen molar-refractivity contribution in [3.05, 3.63) is 76.9 Å². The number of nitrogens with zero attached hydrogens (tertiary/aromatic N) is 1. The highest BCUT2D eigenvalue weighted by Gasteiger charge is 2.61. The number of ether oxygens (including phenoxy) is 2. The average Bonchev–Trinajstić information content (AvgIpc) is 3.10. The normalized spacial score (nSPS) is 22.5. The lowest BCUT2D eigenvalue weighted by Crippen LogP contribution is -2.50. The Balaban J connectivity index is 1.86. The second-order valence-electron chi connectivity index (χ2n) is 8.13. The van der Waals surface area contributed by atoms with Gasteiger partial charge in [0, 0.05) is 5.92 Å². The molecular formula is C25H27NO6S. The maximum absolute atomic E-state index is 13.9. The number of rotatable bonds is 7.